The lowest BCUT2D eigenvalue weighted by Crippen LogP contribution is -2.43. The minimum atomic E-state index is -0.719. The monoisotopic (exact) mass is 350 g/mol. The van der Waals surface area contributed by atoms with E-state index < -0.39 is 12.0 Å². The van der Waals surface area contributed by atoms with Crippen LogP contribution in [0, 0.1) is 5.82 Å². The van der Waals surface area contributed by atoms with Gasteiger partial charge >= 0.3 is 0 Å². The van der Waals surface area contributed by atoms with Gasteiger partial charge in [-0.15, -0.1) is 0 Å². The van der Waals surface area contributed by atoms with Gasteiger partial charge in [0.2, 0.25) is 0 Å². The summed E-state index contributed by atoms with van der Waals surface area (Å²) in [4.78, 5) is 14.6. The molecule has 0 fully saturated rings. The molecule has 5 nitrogen and oxygen atoms in total. The van der Waals surface area contributed by atoms with Gasteiger partial charge in [0.25, 0.3) is 5.91 Å². The topological polar surface area (TPSA) is 72.8 Å². The Balaban J connectivity index is 1.88. The molecule has 6 heteroatoms. The molecule has 1 heterocycles. The molecule has 0 saturated heterocycles. The van der Waals surface area contributed by atoms with E-state index in [1.165, 1.54) is 41.3 Å². The summed E-state index contributed by atoms with van der Waals surface area (Å²) in [6.45, 7) is 0. The molecule has 130 valence electrons. The van der Waals surface area contributed by atoms with Crippen molar-refractivity contribution in [3.8, 4) is 11.5 Å². The van der Waals surface area contributed by atoms with Crippen molar-refractivity contribution >= 4 is 17.3 Å². The molecule has 1 atom stereocenters. The third kappa shape index (κ3) is 2.61. The number of hydrogen-bond donors (Lipinski definition) is 3. The second-order valence-electron chi connectivity index (χ2n) is 5.99. The van der Waals surface area contributed by atoms with Crippen molar-refractivity contribution in [1.82, 2.24) is 0 Å². The maximum absolute atomic E-state index is 13.3. The minimum Gasteiger partial charge on any atom is -0.508 e. The number of carbonyl (C=O) groups excluding carboxylic acids is 1. The highest BCUT2D eigenvalue weighted by molar-refractivity contribution is 6.12. The maximum atomic E-state index is 13.3. The molecule has 3 aromatic carbocycles. The number of para-hydroxylation sites is 1. The zero-order valence-corrected chi connectivity index (χ0v) is 13.6. The summed E-state index contributed by atoms with van der Waals surface area (Å²) >= 11 is 0. The number of phenolic OH excluding ortho intramolecular Hbond substituents is 2. The van der Waals surface area contributed by atoms with E-state index in [1.54, 1.807) is 30.3 Å². The molecule has 0 bridgehead atoms. The second-order valence-corrected chi connectivity index (χ2v) is 5.99. The first-order valence-corrected chi connectivity index (χ1v) is 8.01. The standard InChI is InChI=1S/C20H15FN2O3/c21-12-5-7-13(8-6-12)23-19(16-10-9-14(24)11-18(16)25)22-17-4-2-1-3-15(17)20(23)26/h1-11,19,22,24-25H/t19-/m1/s1. The average molecular weight is 350 g/mol. The lowest BCUT2D eigenvalue weighted by Gasteiger charge is -2.38. The first kappa shape index (κ1) is 16.0. The van der Waals surface area contributed by atoms with Crippen molar-refractivity contribution in [3.63, 3.8) is 0 Å². The van der Waals surface area contributed by atoms with Crippen LogP contribution in [0.3, 0.4) is 0 Å². The molecule has 0 spiro atoms. The molecule has 4 rings (SSSR count). The zero-order valence-electron chi connectivity index (χ0n) is 13.6. The predicted molar refractivity (Wildman–Crippen MR) is 95.8 cm³/mol. The summed E-state index contributed by atoms with van der Waals surface area (Å²) in [7, 11) is 0. The Labute approximate surface area is 148 Å². The number of nitrogens with zero attached hydrogens (tertiary/aromatic N) is 1. The van der Waals surface area contributed by atoms with E-state index in [0.717, 1.165) is 0 Å². The highest BCUT2D eigenvalue weighted by Crippen LogP contribution is 2.40. The molecular weight excluding hydrogens is 335 g/mol. The molecule has 0 aromatic heterocycles. The molecule has 26 heavy (non-hydrogen) atoms. The van der Waals surface area contributed by atoms with Crippen LogP contribution < -0.4 is 10.2 Å². The fourth-order valence-corrected chi connectivity index (χ4v) is 3.10. The van der Waals surface area contributed by atoms with Crippen molar-refractivity contribution in [2.24, 2.45) is 0 Å². The van der Waals surface area contributed by atoms with Gasteiger partial charge in [0.15, 0.2) is 0 Å². The normalized spacial score (nSPS) is 16.1. The number of carbonyl (C=O) groups is 1. The molecule has 0 aliphatic carbocycles. The number of hydrogen-bond acceptors (Lipinski definition) is 4. The number of anilines is 2. The number of amides is 1. The van der Waals surface area contributed by atoms with E-state index >= 15 is 0 Å². The number of fused-ring (bicyclic) bond motifs is 1. The van der Waals surface area contributed by atoms with E-state index in [9.17, 15) is 19.4 Å². The lowest BCUT2D eigenvalue weighted by atomic mass is 10.0. The Morgan fingerprint density at radius 1 is 0.962 bits per heavy atom. The largest absolute Gasteiger partial charge is 0.508 e. The number of aromatic hydroxyl groups is 2. The molecule has 1 amide bonds. The molecule has 3 aromatic rings. The molecule has 1 aliphatic rings. The number of benzene rings is 3. The van der Waals surface area contributed by atoms with Crippen molar-refractivity contribution in [2.45, 2.75) is 6.17 Å². The van der Waals surface area contributed by atoms with E-state index in [4.69, 9.17) is 0 Å². The minimum absolute atomic E-state index is 0.0814. The van der Waals surface area contributed by atoms with Crippen molar-refractivity contribution < 1.29 is 19.4 Å². The summed E-state index contributed by atoms with van der Waals surface area (Å²) in [5, 5.41) is 23.1. The number of halogens is 1. The van der Waals surface area contributed by atoms with Crippen LogP contribution in [0.4, 0.5) is 15.8 Å². The van der Waals surface area contributed by atoms with Crippen molar-refractivity contribution in [1.29, 1.82) is 0 Å². The molecular formula is C20H15FN2O3. The molecule has 1 aliphatic heterocycles. The van der Waals surface area contributed by atoms with Crippen molar-refractivity contribution in [2.75, 3.05) is 10.2 Å². The summed E-state index contributed by atoms with van der Waals surface area (Å²) in [5.41, 5.74) is 2.01. The van der Waals surface area contributed by atoms with E-state index in [0.29, 0.717) is 22.5 Å². The van der Waals surface area contributed by atoms with Gasteiger partial charge in [-0.1, -0.05) is 12.1 Å². The van der Waals surface area contributed by atoms with Crippen LogP contribution in [0.25, 0.3) is 0 Å². The molecule has 3 N–H and O–H groups in total. The first-order valence-electron chi connectivity index (χ1n) is 8.01. The van der Waals surface area contributed by atoms with Gasteiger partial charge in [-0.05, 0) is 48.5 Å². The molecule has 0 unspecified atom stereocenters. The third-order valence-corrected chi connectivity index (χ3v) is 4.34. The predicted octanol–water partition coefficient (Wildman–Crippen LogP) is 4.01. The Kier molecular flexibility index (Phi) is 3.73. The van der Waals surface area contributed by atoms with E-state index in [2.05, 4.69) is 5.32 Å². The van der Waals surface area contributed by atoms with Crippen LogP contribution in [0.1, 0.15) is 22.1 Å². The Morgan fingerprint density at radius 3 is 2.42 bits per heavy atom. The van der Waals surface area contributed by atoms with Crippen molar-refractivity contribution in [3.05, 3.63) is 83.7 Å². The molecule has 0 saturated carbocycles. The van der Waals surface area contributed by atoms with Crippen LogP contribution in [0.2, 0.25) is 0 Å². The van der Waals surface area contributed by atoms with Gasteiger partial charge in [-0.2, -0.15) is 0 Å². The smallest absolute Gasteiger partial charge is 0.262 e. The maximum Gasteiger partial charge on any atom is 0.262 e. The van der Waals surface area contributed by atoms with E-state index in [1.807, 2.05) is 0 Å². The highest BCUT2D eigenvalue weighted by atomic mass is 19.1. The van der Waals surface area contributed by atoms with Gasteiger partial charge in [-0.25, -0.2) is 4.39 Å². The van der Waals surface area contributed by atoms with Crippen LogP contribution in [0.15, 0.2) is 66.7 Å². The number of phenols is 2. The highest BCUT2D eigenvalue weighted by Gasteiger charge is 2.35. The lowest BCUT2D eigenvalue weighted by molar-refractivity contribution is 0.0974. The van der Waals surface area contributed by atoms with Crippen LogP contribution in [-0.4, -0.2) is 16.1 Å². The van der Waals surface area contributed by atoms with Crippen LogP contribution in [-0.2, 0) is 0 Å². The quantitative estimate of drug-likeness (QED) is 0.653. The van der Waals surface area contributed by atoms with Crippen LogP contribution in [0.5, 0.6) is 11.5 Å². The Bertz CT molecular complexity index is 989. The Morgan fingerprint density at radius 2 is 1.69 bits per heavy atom. The van der Waals surface area contributed by atoms with Gasteiger partial charge in [0.1, 0.15) is 23.5 Å². The van der Waals surface area contributed by atoms with Gasteiger partial charge in [0.05, 0.1) is 5.56 Å². The van der Waals surface area contributed by atoms with Gasteiger partial charge in [0, 0.05) is 23.0 Å². The van der Waals surface area contributed by atoms with Crippen LogP contribution >= 0.6 is 0 Å². The van der Waals surface area contributed by atoms with Gasteiger partial charge < -0.3 is 15.5 Å². The Hall–Kier alpha value is -3.54. The fourth-order valence-electron chi connectivity index (χ4n) is 3.10. The third-order valence-electron chi connectivity index (χ3n) is 4.34. The number of nitrogens with one attached hydrogen (secondary N) is 1. The summed E-state index contributed by atoms with van der Waals surface area (Å²) in [6.07, 6.45) is -0.719. The average Bonchev–Trinajstić information content (AvgIpc) is 2.63. The second kappa shape index (κ2) is 6.07. The SMILES string of the molecule is O=C1c2ccccc2N[C@@H](c2ccc(O)cc2O)N1c1ccc(F)cc1. The zero-order chi connectivity index (χ0) is 18.3. The summed E-state index contributed by atoms with van der Waals surface area (Å²) in [6, 6.07) is 16.8. The number of rotatable bonds is 2. The first-order chi connectivity index (χ1) is 12.5. The molecule has 0 radical (unpaired) electrons. The van der Waals surface area contributed by atoms with E-state index in [-0.39, 0.29) is 17.4 Å². The summed E-state index contributed by atoms with van der Waals surface area (Å²) in [5.74, 6) is -0.914. The van der Waals surface area contributed by atoms with Gasteiger partial charge in [-0.3, -0.25) is 9.69 Å². The summed E-state index contributed by atoms with van der Waals surface area (Å²) < 4.78 is 13.3. The fraction of sp³-hybridized carbons (Fsp3) is 0.0500.